The summed E-state index contributed by atoms with van der Waals surface area (Å²) in [6.07, 6.45) is 10.6. The fourth-order valence-corrected chi connectivity index (χ4v) is 2.76. The number of carbonyl (C=O) groups excluding carboxylic acids is 1. The summed E-state index contributed by atoms with van der Waals surface area (Å²) in [7, 11) is 0. The molecule has 6 heteroatoms. The van der Waals surface area contributed by atoms with Gasteiger partial charge in [-0.15, -0.1) is 0 Å². The predicted octanol–water partition coefficient (Wildman–Crippen LogP) is 1.58. The second-order valence-corrected chi connectivity index (χ2v) is 5.76. The highest BCUT2D eigenvalue weighted by Crippen LogP contribution is 2.26. The van der Waals surface area contributed by atoms with Gasteiger partial charge in [0.2, 0.25) is 5.91 Å². The van der Waals surface area contributed by atoms with Gasteiger partial charge in [-0.25, -0.2) is 0 Å². The number of nitrogens with zero attached hydrogens (tertiary/aromatic N) is 3. The third-order valence-electron chi connectivity index (χ3n) is 4.11. The van der Waals surface area contributed by atoms with E-state index in [9.17, 15) is 4.79 Å². The van der Waals surface area contributed by atoms with E-state index in [1.165, 1.54) is 0 Å². The van der Waals surface area contributed by atoms with E-state index in [1.807, 2.05) is 30.3 Å². The van der Waals surface area contributed by atoms with E-state index < -0.39 is 11.4 Å². The molecule has 3 aromatic heterocycles. The summed E-state index contributed by atoms with van der Waals surface area (Å²) < 4.78 is 0. The van der Waals surface area contributed by atoms with Crippen molar-refractivity contribution in [1.29, 1.82) is 0 Å². The minimum Gasteiger partial charge on any atom is -0.368 e. The van der Waals surface area contributed by atoms with Crippen molar-refractivity contribution < 1.29 is 4.79 Å². The zero-order chi connectivity index (χ0) is 17.5. The number of rotatable bonds is 7. The average Bonchev–Trinajstić information content (AvgIpc) is 2.67. The van der Waals surface area contributed by atoms with E-state index >= 15 is 0 Å². The molecule has 1 unspecified atom stereocenters. The second kappa shape index (κ2) is 7.63. The standard InChI is InChI=1S/C19H19N5O/c20-18(25)19(17-4-2-8-23-14-17,11-15-5-9-21-10-6-15)24-13-16-3-1-7-22-12-16/h1-10,12,14,24H,11,13H2,(H2,20,25). The summed E-state index contributed by atoms with van der Waals surface area (Å²) in [5.74, 6) is -0.457. The molecule has 1 atom stereocenters. The molecule has 126 valence electrons. The third-order valence-corrected chi connectivity index (χ3v) is 4.11. The van der Waals surface area contributed by atoms with Crippen LogP contribution in [-0.2, 0) is 23.3 Å². The number of aromatic nitrogens is 3. The Kier molecular flexibility index (Phi) is 5.11. The SMILES string of the molecule is NC(=O)C(Cc1ccncc1)(NCc1cccnc1)c1cccnc1. The average molecular weight is 333 g/mol. The summed E-state index contributed by atoms with van der Waals surface area (Å²) in [6.45, 7) is 0.455. The quantitative estimate of drug-likeness (QED) is 0.685. The van der Waals surface area contributed by atoms with Crippen molar-refractivity contribution >= 4 is 5.91 Å². The first-order valence-electron chi connectivity index (χ1n) is 7.94. The highest BCUT2D eigenvalue weighted by Gasteiger charge is 2.38. The van der Waals surface area contributed by atoms with E-state index in [2.05, 4.69) is 20.3 Å². The lowest BCUT2D eigenvalue weighted by Gasteiger charge is -2.32. The molecule has 3 N–H and O–H groups in total. The fourth-order valence-electron chi connectivity index (χ4n) is 2.76. The Labute approximate surface area is 146 Å². The Bertz CT molecular complexity index is 811. The number of nitrogens with one attached hydrogen (secondary N) is 1. The van der Waals surface area contributed by atoms with Crippen LogP contribution < -0.4 is 11.1 Å². The molecule has 0 radical (unpaired) electrons. The third kappa shape index (κ3) is 3.87. The van der Waals surface area contributed by atoms with Crippen LogP contribution in [0.5, 0.6) is 0 Å². The van der Waals surface area contributed by atoms with Gasteiger partial charge in [-0.2, -0.15) is 0 Å². The zero-order valence-electron chi connectivity index (χ0n) is 13.7. The Morgan fingerprint density at radius 3 is 2.24 bits per heavy atom. The van der Waals surface area contributed by atoms with Gasteiger partial charge in [0, 0.05) is 55.7 Å². The molecule has 3 rings (SSSR count). The molecule has 0 fully saturated rings. The lowest BCUT2D eigenvalue weighted by molar-refractivity contribution is -0.125. The van der Waals surface area contributed by atoms with Gasteiger partial charge in [-0.05, 0) is 35.4 Å². The molecular formula is C19H19N5O. The number of primary amides is 1. The van der Waals surface area contributed by atoms with Crippen molar-refractivity contribution in [2.45, 2.75) is 18.5 Å². The Morgan fingerprint density at radius 2 is 1.64 bits per heavy atom. The molecule has 0 aliphatic rings. The van der Waals surface area contributed by atoms with Gasteiger partial charge in [0.05, 0.1) is 0 Å². The summed E-state index contributed by atoms with van der Waals surface area (Å²) >= 11 is 0. The van der Waals surface area contributed by atoms with Crippen molar-refractivity contribution in [3.63, 3.8) is 0 Å². The normalized spacial score (nSPS) is 13.1. The van der Waals surface area contributed by atoms with E-state index in [-0.39, 0.29) is 0 Å². The second-order valence-electron chi connectivity index (χ2n) is 5.76. The lowest BCUT2D eigenvalue weighted by atomic mass is 9.83. The fraction of sp³-hybridized carbons (Fsp3) is 0.158. The molecule has 0 aliphatic carbocycles. The number of hydrogen-bond acceptors (Lipinski definition) is 5. The van der Waals surface area contributed by atoms with Crippen molar-refractivity contribution in [3.05, 3.63) is 90.3 Å². The van der Waals surface area contributed by atoms with Gasteiger partial charge in [0.25, 0.3) is 0 Å². The Hall–Kier alpha value is -3.12. The molecule has 0 saturated carbocycles. The van der Waals surface area contributed by atoms with Gasteiger partial charge in [0.1, 0.15) is 5.54 Å². The molecule has 0 aliphatic heterocycles. The van der Waals surface area contributed by atoms with Crippen LogP contribution in [0.25, 0.3) is 0 Å². The van der Waals surface area contributed by atoms with Crippen LogP contribution >= 0.6 is 0 Å². The predicted molar refractivity (Wildman–Crippen MR) is 94.1 cm³/mol. The van der Waals surface area contributed by atoms with Crippen LogP contribution in [0.1, 0.15) is 16.7 Å². The van der Waals surface area contributed by atoms with Crippen LogP contribution in [0.3, 0.4) is 0 Å². The molecule has 25 heavy (non-hydrogen) atoms. The van der Waals surface area contributed by atoms with Crippen LogP contribution in [0, 0.1) is 0 Å². The molecule has 6 nitrogen and oxygen atoms in total. The van der Waals surface area contributed by atoms with E-state index in [0.717, 1.165) is 16.7 Å². The highest BCUT2D eigenvalue weighted by atomic mass is 16.1. The van der Waals surface area contributed by atoms with Gasteiger partial charge >= 0.3 is 0 Å². The Morgan fingerprint density at radius 1 is 0.920 bits per heavy atom. The summed E-state index contributed by atoms with van der Waals surface area (Å²) in [4.78, 5) is 24.8. The van der Waals surface area contributed by atoms with Crippen molar-refractivity contribution in [1.82, 2.24) is 20.3 Å². The van der Waals surface area contributed by atoms with E-state index in [1.54, 1.807) is 43.2 Å². The van der Waals surface area contributed by atoms with Gasteiger partial charge in [-0.1, -0.05) is 12.1 Å². The first-order chi connectivity index (χ1) is 12.2. The van der Waals surface area contributed by atoms with Gasteiger partial charge < -0.3 is 5.73 Å². The first kappa shape index (κ1) is 16.7. The zero-order valence-corrected chi connectivity index (χ0v) is 13.7. The smallest absolute Gasteiger partial charge is 0.242 e. The lowest BCUT2D eigenvalue weighted by Crippen LogP contribution is -2.54. The number of pyridine rings is 3. The molecule has 0 spiro atoms. The summed E-state index contributed by atoms with van der Waals surface area (Å²) in [5, 5.41) is 3.34. The summed E-state index contributed by atoms with van der Waals surface area (Å²) in [6, 6.07) is 11.2. The minimum atomic E-state index is -1.08. The monoisotopic (exact) mass is 333 g/mol. The maximum atomic E-state index is 12.5. The maximum Gasteiger partial charge on any atom is 0.242 e. The van der Waals surface area contributed by atoms with E-state index in [0.29, 0.717) is 13.0 Å². The molecule has 0 bridgehead atoms. The minimum absolute atomic E-state index is 0.400. The van der Waals surface area contributed by atoms with Crippen molar-refractivity contribution in [3.8, 4) is 0 Å². The molecule has 1 amide bonds. The number of carbonyl (C=O) groups is 1. The molecule has 3 aromatic rings. The molecule has 0 aromatic carbocycles. The van der Waals surface area contributed by atoms with Gasteiger partial charge in [-0.3, -0.25) is 25.1 Å². The van der Waals surface area contributed by atoms with Crippen LogP contribution in [0.15, 0.2) is 73.6 Å². The maximum absolute atomic E-state index is 12.5. The number of hydrogen-bond donors (Lipinski definition) is 2. The number of amides is 1. The number of nitrogens with two attached hydrogens (primary N) is 1. The first-order valence-corrected chi connectivity index (χ1v) is 7.94. The van der Waals surface area contributed by atoms with Crippen molar-refractivity contribution in [2.24, 2.45) is 5.73 Å². The Balaban J connectivity index is 1.97. The van der Waals surface area contributed by atoms with Crippen LogP contribution in [0.4, 0.5) is 0 Å². The molecule has 0 saturated heterocycles. The largest absolute Gasteiger partial charge is 0.368 e. The molecule has 3 heterocycles. The van der Waals surface area contributed by atoms with E-state index in [4.69, 9.17) is 5.73 Å². The van der Waals surface area contributed by atoms with Crippen molar-refractivity contribution in [2.75, 3.05) is 0 Å². The highest BCUT2D eigenvalue weighted by molar-refractivity contribution is 5.86. The molecular weight excluding hydrogens is 314 g/mol. The van der Waals surface area contributed by atoms with Gasteiger partial charge in [0.15, 0.2) is 0 Å². The topological polar surface area (TPSA) is 93.8 Å². The summed E-state index contributed by atoms with van der Waals surface area (Å²) in [5.41, 5.74) is 7.42. The van der Waals surface area contributed by atoms with Crippen LogP contribution in [0.2, 0.25) is 0 Å². The van der Waals surface area contributed by atoms with Crippen LogP contribution in [-0.4, -0.2) is 20.9 Å².